The van der Waals surface area contributed by atoms with Gasteiger partial charge in [0.2, 0.25) is 0 Å². The maximum absolute atomic E-state index is 8.50. The number of hydrogen-bond acceptors (Lipinski definition) is 7. The van der Waals surface area contributed by atoms with Gasteiger partial charge >= 0.3 is 0 Å². The molecule has 0 saturated carbocycles. The summed E-state index contributed by atoms with van der Waals surface area (Å²) in [5, 5.41) is 8.50. The van der Waals surface area contributed by atoms with Gasteiger partial charge in [0.15, 0.2) is 0 Å². The van der Waals surface area contributed by atoms with Gasteiger partial charge in [-0.15, -0.1) is 0 Å². The van der Waals surface area contributed by atoms with Gasteiger partial charge in [-0.1, -0.05) is 6.55 Å². The summed E-state index contributed by atoms with van der Waals surface area (Å²) >= 11 is 0. The van der Waals surface area contributed by atoms with E-state index in [1.807, 2.05) is 0 Å². The van der Waals surface area contributed by atoms with Crippen molar-refractivity contribution in [2.75, 3.05) is 59.5 Å². The van der Waals surface area contributed by atoms with E-state index in [2.05, 4.69) is 6.55 Å². The first-order chi connectivity index (χ1) is 10.9. The van der Waals surface area contributed by atoms with Gasteiger partial charge in [0.25, 0.3) is 10.0 Å². The highest BCUT2D eigenvalue weighted by Gasteiger charge is 1.94. The molecular weight excluding hydrogens is 340 g/mol. The van der Waals surface area contributed by atoms with Crippen LogP contribution >= 0.6 is 0 Å². The molecule has 0 radical (unpaired) electrons. The van der Waals surface area contributed by atoms with Gasteiger partial charge in [-0.05, 0) is 12.5 Å². The van der Waals surface area contributed by atoms with Gasteiger partial charge in [0, 0.05) is 6.61 Å². The van der Waals surface area contributed by atoms with Crippen LogP contribution in [0.15, 0.2) is 0 Å². The lowest BCUT2D eigenvalue weighted by molar-refractivity contribution is -0.00543. The SMILES string of the molecule is C[SiH2]O[SiH2]O[SiH2]CCCOCCOCCOCCOCCO. The maximum atomic E-state index is 8.50. The molecule has 10 heteroatoms. The van der Waals surface area contributed by atoms with Gasteiger partial charge < -0.3 is 32.3 Å². The minimum atomic E-state index is -0.621. The second-order valence-electron chi connectivity index (χ2n) is 4.40. The van der Waals surface area contributed by atoms with E-state index in [-0.39, 0.29) is 26.1 Å². The molecule has 22 heavy (non-hydrogen) atoms. The first-order valence-corrected chi connectivity index (χ1v) is 12.7. The van der Waals surface area contributed by atoms with E-state index in [1.165, 1.54) is 0 Å². The molecular formula is C12H32O7Si3. The first kappa shape index (κ1) is 22.4. The van der Waals surface area contributed by atoms with Crippen molar-refractivity contribution >= 4 is 29.5 Å². The van der Waals surface area contributed by atoms with Crippen LogP contribution in [0.25, 0.3) is 0 Å². The van der Waals surface area contributed by atoms with E-state index in [1.54, 1.807) is 0 Å². The molecule has 1 N–H and O–H groups in total. The molecule has 0 heterocycles. The summed E-state index contributed by atoms with van der Waals surface area (Å²) < 4.78 is 32.1. The van der Waals surface area contributed by atoms with Gasteiger partial charge in [0.1, 0.15) is 19.5 Å². The molecule has 0 aliphatic carbocycles. The summed E-state index contributed by atoms with van der Waals surface area (Å²) in [6.45, 7) is 6.70. The number of ether oxygens (including phenoxy) is 4. The number of rotatable bonds is 19. The Balaban J connectivity index is 2.91. The summed E-state index contributed by atoms with van der Waals surface area (Å²) in [4.78, 5) is 0. The topological polar surface area (TPSA) is 75.6 Å². The van der Waals surface area contributed by atoms with Gasteiger partial charge in [0.05, 0.1) is 52.9 Å². The standard InChI is InChI=1S/C12H32O7Si3/c1-20-18-22-19-21-12-2-4-14-6-8-16-10-11-17-9-7-15-5-3-13/h13H,2-12,20-22H2,1H3. The second kappa shape index (κ2) is 21.4. The Morgan fingerprint density at radius 2 is 1.27 bits per heavy atom. The number of aliphatic hydroxyl groups excluding tert-OH is 1. The fourth-order valence-corrected chi connectivity index (χ4v) is 5.33. The smallest absolute Gasteiger partial charge is 0.283 e. The zero-order valence-electron chi connectivity index (χ0n) is 13.8. The average Bonchev–Trinajstić information content (AvgIpc) is 2.54. The van der Waals surface area contributed by atoms with E-state index >= 15 is 0 Å². The van der Waals surface area contributed by atoms with Crippen molar-refractivity contribution in [3.8, 4) is 0 Å². The van der Waals surface area contributed by atoms with Crippen molar-refractivity contribution in [1.29, 1.82) is 0 Å². The molecule has 0 bridgehead atoms. The summed E-state index contributed by atoms with van der Waals surface area (Å²) in [7, 11) is -1.24. The van der Waals surface area contributed by atoms with Gasteiger partial charge in [-0.3, -0.25) is 0 Å². The normalized spacial score (nSPS) is 12.8. The third-order valence-corrected chi connectivity index (χ3v) is 7.46. The lowest BCUT2D eigenvalue weighted by Gasteiger charge is -2.07. The Hall–Kier alpha value is 0.371. The molecule has 134 valence electrons. The second-order valence-corrected chi connectivity index (χ2v) is 9.59. The lowest BCUT2D eigenvalue weighted by Crippen LogP contribution is -2.13. The summed E-state index contributed by atoms with van der Waals surface area (Å²) in [6.07, 6.45) is 1.07. The third-order valence-electron chi connectivity index (χ3n) is 2.55. The quantitative estimate of drug-likeness (QED) is 0.210. The highest BCUT2D eigenvalue weighted by atomic mass is 28.4. The minimum absolute atomic E-state index is 0.0503. The zero-order valence-corrected chi connectivity index (χ0v) is 18.0. The summed E-state index contributed by atoms with van der Waals surface area (Å²) in [5.41, 5.74) is 0. The Morgan fingerprint density at radius 3 is 1.82 bits per heavy atom. The Bertz CT molecular complexity index is 184. The third kappa shape index (κ3) is 20.4. The fourth-order valence-electron chi connectivity index (χ4n) is 1.44. The Morgan fingerprint density at radius 1 is 0.727 bits per heavy atom. The van der Waals surface area contributed by atoms with Crippen LogP contribution < -0.4 is 0 Å². The van der Waals surface area contributed by atoms with Crippen LogP contribution in [0.5, 0.6) is 0 Å². The molecule has 0 aliphatic rings. The van der Waals surface area contributed by atoms with Crippen molar-refractivity contribution in [2.24, 2.45) is 0 Å². The molecule has 0 spiro atoms. The summed E-state index contributed by atoms with van der Waals surface area (Å²) in [6, 6.07) is 1.16. The predicted octanol–water partition coefficient (Wildman–Crippen LogP) is -1.90. The Labute approximate surface area is 140 Å². The molecule has 0 saturated heterocycles. The largest absolute Gasteiger partial charge is 0.447 e. The maximum Gasteiger partial charge on any atom is 0.283 e. The number of aliphatic hydroxyl groups is 1. The molecule has 0 atom stereocenters. The van der Waals surface area contributed by atoms with E-state index in [4.69, 9.17) is 32.3 Å². The highest BCUT2D eigenvalue weighted by molar-refractivity contribution is 6.44. The molecule has 0 aromatic heterocycles. The van der Waals surface area contributed by atoms with Gasteiger partial charge in [-0.25, -0.2) is 0 Å². The Kier molecular flexibility index (Phi) is 21.7. The first-order valence-electron chi connectivity index (χ1n) is 7.99. The fraction of sp³-hybridized carbons (Fsp3) is 1.00. The van der Waals surface area contributed by atoms with Crippen LogP contribution in [-0.4, -0.2) is 94.1 Å². The van der Waals surface area contributed by atoms with Crippen LogP contribution in [0.1, 0.15) is 6.42 Å². The highest BCUT2D eigenvalue weighted by Crippen LogP contribution is 1.91. The van der Waals surface area contributed by atoms with Crippen LogP contribution in [0.4, 0.5) is 0 Å². The molecule has 0 aromatic rings. The molecule has 0 aliphatic heterocycles. The van der Waals surface area contributed by atoms with E-state index in [9.17, 15) is 0 Å². The van der Waals surface area contributed by atoms with Crippen LogP contribution in [0.3, 0.4) is 0 Å². The van der Waals surface area contributed by atoms with Crippen molar-refractivity contribution in [3.05, 3.63) is 0 Å². The van der Waals surface area contributed by atoms with Crippen molar-refractivity contribution in [2.45, 2.75) is 19.0 Å². The molecule has 0 unspecified atom stereocenters. The van der Waals surface area contributed by atoms with Crippen LogP contribution in [-0.2, 0) is 27.2 Å². The molecule has 0 aromatic carbocycles. The van der Waals surface area contributed by atoms with Crippen LogP contribution in [0.2, 0.25) is 12.6 Å². The average molecular weight is 373 g/mol. The monoisotopic (exact) mass is 372 g/mol. The minimum Gasteiger partial charge on any atom is -0.447 e. The molecule has 0 amide bonds. The van der Waals surface area contributed by atoms with E-state index < -0.39 is 10.0 Å². The summed E-state index contributed by atoms with van der Waals surface area (Å²) in [5.74, 6) is 0. The van der Waals surface area contributed by atoms with Crippen molar-refractivity contribution in [3.63, 3.8) is 0 Å². The van der Waals surface area contributed by atoms with Gasteiger partial charge in [-0.2, -0.15) is 0 Å². The molecule has 0 rings (SSSR count). The molecule has 7 nitrogen and oxygen atoms in total. The predicted molar refractivity (Wildman–Crippen MR) is 93.5 cm³/mol. The van der Waals surface area contributed by atoms with Crippen LogP contribution in [0, 0.1) is 0 Å². The number of hydrogen-bond donors (Lipinski definition) is 1. The van der Waals surface area contributed by atoms with E-state index in [0.717, 1.165) is 19.1 Å². The van der Waals surface area contributed by atoms with E-state index in [0.29, 0.717) is 46.2 Å². The zero-order chi connectivity index (χ0) is 16.1. The van der Waals surface area contributed by atoms with Crippen molar-refractivity contribution < 1.29 is 32.3 Å². The molecule has 0 fully saturated rings. The van der Waals surface area contributed by atoms with Crippen molar-refractivity contribution in [1.82, 2.24) is 0 Å². The lowest BCUT2D eigenvalue weighted by atomic mass is 10.5.